The van der Waals surface area contributed by atoms with Gasteiger partial charge in [-0.15, -0.1) is 0 Å². The summed E-state index contributed by atoms with van der Waals surface area (Å²) < 4.78 is 0. The molecule has 1 nitrogen and oxygen atoms in total. The van der Waals surface area contributed by atoms with E-state index in [4.69, 9.17) is 0 Å². The molecule has 1 unspecified atom stereocenters. The Balaban J connectivity index is 0.975. The second-order valence-electron chi connectivity index (χ2n) is 16.0. The minimum atomic E-state index is -0.318. The molecule has 0 aromatic heterocycles. The van der Waals surface area contributed by atoms with Gasteiger partial charge >= 0.3 is 0 Å². The number of rotatable bonds is 5. The Morgan fingerprint density at radius 2 is 0.855 bits per heavy atom. The Morgan fingerprint density at radius 1 is 0.473 bits per heavy atom. The van der Waals surface area contributed by atoms with Crippen LogP contribution in [-0.4, -0.2) is 18.0 Å². The second kappa shape index (κ2) is 12.0. The van der Waals surface area contributed by atoms with Crippen molar-refractivity contribution in [3.05, 3.63) is 232 Å². The molecule has 0 fully saturated rings. The van der Waals surface area contributed by atoms with Gasteiger partial charge in [0.2, 0.25) is 0 Å². The van der Waals surface area contributed by atoms with Gasteiger partial charge in [-0.05, 0) is 122 Å². The van der Waals surface area contributed by atoms with E-state index in [1.165, 1.54) is 94.6 Å². The maximum absolute atomic E-state index is 2.58. The smallest absolute Gasteiger partial charge is 0.0725 e. The zero-order valence-corrected chi connectivity index (χ0v) is 31.7. The van der Waals surface area contributed by atoms with E-state index in [1.54, 1.807) is 0 Å². The van der Waals surface area contributed by atoms with Crippen molar-refractivity contribution >= 4 is 5.57 Å². The minimum absolute atomic E-state index is 0.313. The normalized spacial score (nSPS) is 17.6. The van der Waals surface area contributed by atoms with Crippen LogP contribution in [0.3, 0.4) is 0 Å². The van der Waals surface area contributed by atoms with Crippen LogP contribution in [0, 0.1) is 0 Å². The lowest BCUT2D eigenvalue weighted by molar-refractivity contribution is 0.250. The van der Waals surface area contributed by atoms with Crippen molar-refractivity contribution in [1.29, 1.82) is 0 Å². The van der Waals surface area contributed by atoms with Gasteiger partial charge in [0.25, 0.3) is 0 Å². The summed E-state index contributed by atoms with van der Waals surface area (Å²) in [4.78, 5) is 2.55. The summed E-state index contributed by atoms with van der Waals surface area (Å²) in [6.45, 7) is 5.48. The summed E-state index contributed by atoms with van der Waals surface area (Å²) in [5, 5.41) is 0. The van der Waals surface area contributed by atoms with Crippen LogP contribution in [0.2, 0.25) is 0 Å². The van der Waals surface area contributed by atoms with Crippen LogP contribution in [0.5, 0.6) is 0 Å². The molecule has 1 atom stereocenters. The maximum atomic E-state index is 2.58. The molecule has 0 N–H and O–H groups in total. The Labute approximate surface area is 325 Å². The number of fused-ring (bicyclic) bond motifs is 17. The molecule has 264 valence electrons. The monoisotopic (exact) mass is 705 g/mol. The average Bonchev–Trinajstić information content (AvgIpc) is 3.91. The van der Waals surface area contributed by atoms with Crippen molar-refractivity contribution in [2.24, 2.45) is 0 Å². The van der Waals surface area contributed by atoms with Gasteiger partial charge in [0, 0.05) is 12.6 Å². The molecule has 0 bridgehead atoms. The van der Waals surface area contributed by atoms with Gasteiger partial charge in [-0.2, -0.15) is 0 Å². The van der Waals surface area contributed by atoms with Gasteiger partial charge in [0.1, 0.15) is 0 Å². The highest BCUT2D eigenvalue weighted by Gasteiger charge is 2.53. The topological polar surface area (TPSA) is 3.24 Å². The maximum Gasteiger partial charge on any atom is 0.0725 e. The molecule has 55 heavy (non-hydrogen) atoms. The van der Waals surface area contributed by atoms with Crippen LogP contribution in [-0.2, 0) is 17.4 Å². The van der Waals surface area contributed by atoms with Crippen LogP contribution in [0.4, 0.5) is 0 Å². The standard InChI is InChI=1S/C54H43N/c1-4-37-38-17-5-11-23-45(38)53(46-24-12-6-18-39(46)40-19-7-13-25-47(40)53)51(37)32-29-35(2)55(3)34-36-30-31-44-43-22-10-16-28-50(43)54(52(44)33-36)48-26-14-8-20-41(48)42-21-9-15-27-49(42)54/h4-28,30-33,35H,29,34H2,1-3H3/b37-4-,51-32+. The van der Waals surface area contributed by atoms with Crippen LogP contribution < -0.4 is 0 Å². The van der Waals surface area contributed by atoms with Crippen LogP contribution in [0.25, 0.3) is 39.0 Å². The second-order valence-corrected chi connectivity index (χ2v) is 16.0. The molecular weight excluding hydrogens is 663 g/mol. The molecule has 4 aliphatic carbocycles. The molecule has 2 spiro atoms. The average molecular weight is 706 g/mol. The number of benzene rings is 7. The van der Waals surface area contributed by atoms with Gasteiger partial charge in [0.15, 0.2) is 0 Å². The van der Waals surface area contributed by atoms with E-state index < -0.39 is 0 Å². The van der Waals surface area contributed by atoms with E-state index in [0.29, 0.717) is 6.04 Å². The summed E-state index contributed by atoms with van der Waals surface area (Å²) in [6.07, 6.45) is 5.87. The van der Waals surface area contributed by atoms with Gasteiger partial charge < -0.3 is 0 Å². The van der Waals surface area contributed by atoms with E-state index in [-0.39, 0.29) is 10.8 Å². The van der Waals surface area contributed by atoms with E-state index in [1.807, 2.05) is 0 Å². The highest BCUT2D eigenvalue weighted by atomic mass is 15.1. The predicted molar refractivity (Wildman–Crippen MR) is 228 cm³/mol. The highest BCUT2D eigenvalue weighted by Crippen LogP contribution is 2.64. The van der Waals surface area contributed by atoms with Crippen molar-refractivity contribution in [3.8, 4) is 33.4 Å². The number of hydrogen-bond donors (Lipinski definition) is 0. The van der Waals surface area contributed by atoms with E-state index in [9.17, 15) is 0 Å². The molecule has 1 heteroatoms. The van der Waals surface area contributed by atoms with Crippen LogP contribution >= 0.6 is 0 Å². The van der Waals surface area contributed by atoms with E-state index in [0.717, 1.165) is 13.0 Å². The van der Waals surface area contributed by atoms with Gasteiger partial charge in [-0.1, -0.05) is 176 Å². The largest absolute Gasteiger partial charge is 0.299 e. The summed E-state index contributed by atoms with van der Waals surface area (Å²) >= 11 is 0. The Kier molecular flexibility index (Phi) is 7.07. The fraction of sp³-hybridized carbons (Fsp3) is 0.148. The quantitative estimate of drug-likeness (QED) is 0.172. The number of hydrogen-bond acceptors (Lipinski definition) is 1. The SMILES string of the molecule is C/C=C1\C(=C/CC(C)N(C)Cc2ccc3c(c2)C2(c4ccccc4-c4ccccc42)c2ccccc2-3)C2(c3ccccc31)c1ccccc1-c1ccccc12. The lowest BCUT2D eigenvalue weighted by atomic mass is 9.70. The minimum Gasteiger partial charge on any atom is -0.299 e. The first-order valence-electron chi connectivity index (χ1n) is 19.9. The predicted octanol–water partition coefficient (Wildman–Crippen LogP) is 12.6. The lowest BCUT2D eigenvalue weighted by Crippen LogP contribution is -2.30. The summed E-state index contributed by atoms with van der Waals surface area (Å²) in [7, 11) is 2.30. The summed E-state index contributed by atoms with van der Waals surface area (Å²) in [5.74, 6) is 0. The first-order chi connectivity index (χ1) is 27.1. The summed E-state index contributed by atoms with van der Waals surface area (Å²) in [6, 6.07) is 62.2. The molecular formula is C54H43N. The van der Waals surface area contributed by atoms with Crippen molar-refractivity contribution in [2.75, 3.05) is 7.05 Å². The highest BCUT2D eigenvalue weighted by molar-refractivity contribution is 6.00. The van der Waals surface area contributed by atoms with Gasteiger partial charge in [0.05, 0.1) is 10.8 Å². The third-order valence-electron chi connectivity index (χ3n) is 13.5. The molecule has 0 aliphatic heterocycles. The molecule has 7 aromatic rings. The van der Waals surface area contributed by atoms with Crippen LogP contribution in [0.1, 0.15) is 70.3 Å². The molecule has 4 aliphatic rings. The third-order valence-corrected chi connectivity index (χ3v) is 13.5. The first kappa shape index (κ1) is 32.4. The third kappa shape index (κ3) is 4.17. The molecule has 0 radical (unpaired) electrons. The fourth-order valence-electron chi connectivity index (χ4n) is 11.1. The van der Waals surface area contributed by atoms with Crippen LogP contribution in [0.15, 0.2) is 182 Å². The Hall–Kier alpha value is -6.02. The molecule has 11 rings (SSSR count). The molecule has 0 saturated heterocycles. The molecule has 7 aromatic carbocycles. The first-order valence-corrected chi connectivity index (χ1v) is 19.9. The van der Waals surface area contributed by atoms with Crippen molar-refractivity contribution in [3.63, 3.8) is 0 Å². The molecule has 0 amide bonds. The fourth-order valence-corrected chi connectivity index (χ4v) is 11.1. The molecule has 0 saturated carbocycles. The van der Waals surface area contributed by atoms with Crippen molar-refractivity contribution in [2.45, 2.75) is 43.7 Å². The van der Waals surface area contributed by atoms with E-state index in [2.05, 4.69) is 202 Å². The zero-order valence-electron chi connectivity index (χ0n) is 31.7. The number of nitrogens with zero attached hydrogens (tertiary/aromatic N) is 1. The van der Waals surface area contributed by atoms with E-state index >= 15 is 0 Å². The summed E-state index contributed by atoms with van der Waals surface area (Å²) in [5.41, 5.74) is 22.8. The zero-order chi connectivity index (χ0) is 36.9. The van der Waals surface area contributed by atoms with Gasteiger partial charge in [-0.25, -0.2) is 0 Å². The Morgan fingerprint density at radius 3 is 1.31 bits per heavy atom. The lowest BCUT2D eigenvalue weighted by Gasteiger charge is -2.32. The molecule has 0 heterocycles. The van der Waals surface area contributed by atoms with Crippen molar-refractivity contribution in [1.82, 2.24) is 4.90 Å². The van der Waals surface area contributed by atoms with Crippen molar-refractivity contribution < 1.29 is 0 Å². The van der Waals surface area contributed by atoms with Gasteiger partial charge in [-0.3, -0.25) is 4.90 Å². The number of allylic oxidation sites excluding steroid dienone is 3. The Bertz CT molecular complexity index is 2670.